The summed E-state index contributed by atoms with van der Waals surface area (Å²) in [5.74, 6) is -0.0376. The molecule has 6 heteroatoms. The fourth-order valence-corrected chi connectivity index (χ4v) is 2.29. The van der Waals surface area contributed by atoms with Crippen LogP contribution in [0.15, 0.2) is 23.3 Å². The Morgan fingerprint density at radius 2 is 2.10 bits per heavy atom. The molecule has 1 aromatic heterocycles. The zero-order valence-corrected chi connectivity index (χ0v) is 12.8. The number of amides is 1. The van der Waals surface area contributed by atoms with Crippen LogP contribution in [0.1, 0.15) is 27.7 Å². The van der Waals surface area contributed by atoms with Crippen molar-refractivity contribution in [3.05, 3.63) is 18.2 Å². The maximum Gasteiger partial charge on any atom is 0.226 e. The number of nitrogens with one attached hydrogen (secondary N) is 2. The number of benzene rings is 1. The van der Waals surface area contributed by atoms with Gasteiger partial charge in [0, 0.05) is 17.3 Å². The summed E-state index contributed by atoms with van der Waals surface area (Å²) < 4.78 is 1.05. The number of carbonyl (C=O) groups is 1. The van der Waals surface area contributed by atoms with Gasteiger partial charge >= 0.3 is 0 Å². The fraction of sp³-hybridized carbons (Fsp3) is 0.357. The van der Waals surface area contributed by atoms with E-state index >= 15 is 0 Å². The fourth-order valence-electron chi connectivity index (χ4n) is 1.50. The van der Waals surface area contributed by atoms with Gasteiger partial charge in [-0.1, -0.05) is 25.2 Å². The van der Waals surface area contributed by atoms with Gasteiger partial charge in [-0.3, -0.25) is 10.2 Å². The van der Waals surface area contributed by atoms with E-state index in [2.05, 4.69) is 20.8 Å². The van der Waals surface area contributed by atoms with Crippen LogP contribution in [0, 0.1) is 5.92 Å². The average molecular weight is 290 g/mol. The minimum Gasteiger partial charge on any atom is -0.326 e. The molecule has 1 aromatic carbocycles. The Bertz CT molecular complexity index is 656. The number of thiazole rings is 1. The standard InChI is InChI=1S/C14H18N4OS/c1-8(2)13(19)15-10-5-6-12-11(7-10)16-14(20-12)18-17-9(3)4/h5-8H,1-4H3,(H,15,19)(H,16,18). The van der Waals surface area contributed by atoms with Crippen molar-refractivity contribution in [3.8, 4) is 0 Å². The average Bonchev–Trinajstić information content (AvgIpc) is 2.78. The number of anilines is 2. The lowest BCUT2D eigenvalue weighted by Crippen LogP contribution is -2.17. The molecule has 0 saturated carbocycles. The van der Waals surface area contributed by atoms with Crippen LogP contribution in [0.5, 0.6) is 0 Å². The van der Waals surface area contributed by atoms with Crippen molar-refractivity contribution in [1.29, 1.82) is 0 Å². The van der Waals surface area contributed by atoms with E-state index in [4.69, 9.17) is 0 Å². The van der Waals surface area contributed by atoms with Crippen LogP contribution in [0.3, 0.4) is 0 Å². The molecule has 1 heterocycles. The third-order valence-corrected chi connectivity index (χ3v) is 3.50. The van der Waals surface area contributed by atoms with Gasteiger partial charge in [-0.15, -0.1) is 0 Å². The molecule has 0 radical (unpaired) electrons. The van der Waals surface area contributed by atoms with Crippen LogP contribution in [0.2, 0.25) is 0 Å². The molecule has 0 spiro atoms. The molecule has 106 valence electrons. The largest absolute Gasteiger partial charge is 0.326 e. The molecule has 0 atom stereocenters. The van der Waals surface area contributed by atoms with Crippen molar-refractivity contribution < 1.29 is 4.79 Å². The minimum absolute atomic E-state index is 0.00383. The normalized spacial score (nSPS) is 10.7. The zero-order valence-electron chi connectivity index (χ0n) is 12.0. The smallest absolute Gasteiger partial charge is 0.226 e. The Morgan fingerprint density at radius 1 is 1.35 bits per heavy atom. The number of hydrogen-bond donors (Lipinski definition) is 2. The molecular formula is C14H18N4OS. The second kappa shape index (κ2) is 6.00. The molecule has 20 heavy (non-hydrogen) atoms. The van der Waals surface area contributed by atoms with Gasteiger partial charge in [0.05, 0.1) is 10.2 Å². The van der Waals surface area contributed by atoms with E-state index in [0.29, 0.717) is 0 Å². The highest BCUT2D eigenvalue weighted by atomic mass is 32.1. The van der Waals surface area contributed by atoms with Crippen molar-refractivity contribution >= 4 is 44.0 Å². The third-order valence-electron chi connectivity index (χ3n) is 2.55. The van der Waals surface area contributed by atoms with E-state index in [1.165, 1.54) is 11.3 Å². The van der Waals surface area contributed by atoms with Crippen LogP contribution >= 0.6 is 11.3 Å². The highest BCUT2D eigenvalue weighted by molar-refractivity contribution is 7.22. The summed E-state index contributed by atoms with van der Waals surface area (Å²) in [6.07, 6.45) is 0. The number of carbonyl (C=O) groups excluding carboxylic acids is 1. The van der Waals surface area contributed by atoms with Gasteiger partial charge in [0.1, 0.15) is 0 Å². The van der Waals surface area contributed by atoms with E-state index < -0.39 is 0 Å². The predicted molar refractivity (Wildman–Crippen MR) is 85.5 cm³/mol. The zero-order chi connectivity index (χ0) is 14.7. The number of rotatable bonds is 4. The second-order valence-electron chi connectivity index (χ2n) is 5.02. The lowest BCUT2D eigenvalue weighted by molar-refractivity contribution is -0.118. The Hall–Kier alpha value is -1.95. The summed E-state index contributed by atoms with van der Waals surface area (Å²) in [6.45, 7) is 7.56. The van der Waals surface area contributed by atoms with Crippen LogP contribution in [0.4, 0.5) is 10.8 Å². The lowest BCUT2D eigenvalue weighted by atomic mass is 10.2. The van der Waals surface area contributed by atoms with Gasteiger partial charge in [0.15, 0.2) is 0 Å². The number of nitrogens with zero attached hydrogens (tertiary/aromatic N) is 2. The molecule has 2 aromatic rings. The number of fused-ring (bicyclic) bond motifs is 1. The first-order chi connectivity index (χ1) is 9.45. The Morgan fingerprint density at radius 3 is 2.75 bits per heavy atom. The molecule has 2 rings (SSSR count). The molecule has 0 fully saturated rings. The predicted octanol–water partition coefficient (Wildman–Crippen LogP) is 3.70. The molecule has 0 bridgehead atoms. The maximum absolute atomic E-state index is 11.7. The van der Waals surface area contributed by atoms with Crippen molar-refractivity contribution in [2.45, 2.75) is 27.7 Å². The molecule has 5 nitrogen and oxygen atoms in total. The first-order valence-corrected chi connectivity index (χ1v) is 7.25. The number of aromatic nitrogens is 1. The van der Waals surface area contributed by atoms with E-state index in [1.807, 2.05) is 45.9 Å². The molecule has 0 aliphatic rings. The molecular weight excluding hydrogens is 272 g/mol. The van der Waals surface area contributed by atoms with Crippen LogP contribution in [-0.2, 0) is 4.79 Å². The summed E-state index contributed by atoms with van der Waals surface area (Å²) >= 11 is 1.53. The van der Waals surface area contributed by atoms with Crippen molar-refractivity contribution in [3.63, 3.8) is 0 Å². The summed E-state index contributed by atoms with van der Waals surface area (Å²) in [4.78, 5) is 16.1. The first kappa shape index (κ1) is 14.5. The van der Waals surface area contributed by atoms with Crippen LogP contribution < -0.4 is 10.7 Å². The van der Waals surface area contributed by atoms with Gasteiger partial charge in [0.2, 0.25) is 11.0 Å². The SMILES string of the molecule is CC(C)=NNc1nc2cc(NC(=O)C(C)C)ccc2s1. The summed E-state index contributed by atoms with van der Waals surface area (Å²) in [5.41, 5.74) is 5.48. The molecule has 0 aliphatic carbocycles. The minimum atomic E-state index is -0.0415. The lowest BCUT2D eigenvalue weighted by Gasteiger charge is -2.06. The van der Waals surface area contributed by atoms with Crippen LogP contribution in [0.25, 0.3) is 10.2 Å². The van der Waals surface area contributed by atoms with Gasteiger partial charge < -0.3 is 5.32 Å². The summed E-state index contributed by atoms with van der Waals surface area (Å²) in [5, 5.41) is 7.74. The van der Waals surface area contributed by atoms with Gasteiger partial charge in [0.25, 0.3) is 0 Å². The van der Waals surface area contributed by atoms with Crippen molar-refractivity contribution in [1.82, 2.24) is 4.98 Å². The third kappa shape index (κ3) is 3.54. The highest BCUT2D eigenvalue weighted by Gasteiger charge is 2.09. The first-order valence-electron chi connectivity index (χ1n) is 6.44. The summed E-state index contributed by atoms with van der Waals surface area (Å²) in [6, 6.07) is 5.72. The topological polar surface area (TPSA) is 66.4 Å². The second-order valence-corrected chi connectivity index (χ2v) is 6.05. The number of hydrazone groups is 1. The van der Waals surface area contributed by atoms with E-state index in [1.54, 1.807) is 0 Å². The van der Waals surface area contributed by atoms with Gasteiger partial charge in [-0.05, 0) is 32.0 Å². The maximum atomic E-state index is 11.7. The highest BCUT2D eigenvalue weighted by Crippen LogP contribution is 2.28. The van der Waals surface area contributed by atoms with E-state index in [0.717, 1.165) is 26.7 Å². The van der Waals surface area contributed by atoms with Crippen molar-refractivity contribution in [2.75, 3.05) is 10.7 Å². The Kier molecular flexibility index (Phi) is 4.34. The molecule has 1 amide bonds. The molecule has 0 saturated heterocycles. The number of hydrogen-bond acceptors (Lipinski definition) is 5. The molecule has 0 unspecified atom stereocenters. The molecule has 2 N–H and O–H groups in total. The molecule has 0 aliphatic heterocycles. The van der Waals surface area contributed by atoms with Crippen molar-refractivity contribution in [2.24, 2.45) is 11.0 Å². The quantitative estimate of drug-likeness (QED) is 0.666. The van der Waals surface area contributed by atoms with Gasteiger partial charge in [-0.2, -0.15) is 5.10 Å². The Balaban J connectivity index is 2.21. The van der Waals surface area contributed by atoms with Gasteiger partial charge in [-0.25, -0.2) is 4.98 Å². The summed E-state index contributed by atoms with van der Waals surface area (Å²) in [7, 11) is 0. The monoisotopic (exact) mass is 290 g/mol. The van der Waals surface area contributed by atoms with E-state index in [9.17, 15) is 4.79 Å². The van der Waals surface area contributed by atoms with E-state index in [-0.39, 0.29) is 11.8 Å². The Labute approximate surface area is 122 Å². The van der Waals surface area contributed by atoms with Crippen LogP contribution in [-0.4, -0.2) is 16.6 Å².